The fourth-order valence-corrected chi connectivity index (χ4v) is 1.23. The number of hydrogen-bond donors (Lipinski definition) is 0. The Hall–Kier alpha value is -1.56. The van der Waals surface area contributed by atoms with Crippen molar-refractivity contribution in [3.05, 3.63) is 72.9 Å². The third kappa shape index (κ3) is 9.65. The van der Waals surface area contributed by atoms with E-state index in [4.69, 9.17) is 0 Å². The van der Waals surface area contributed by atoms with E-state index in [-0.39, 0.29) is 0 Å². The molecule has 0 spiro atoms. The van der Waals surface area contributed by atoms with Gasteiger partial charge < -0.3 is 0 Å². The lowest BCUT2D eigenvalue weighted by Gasteiger charge is -2.03. The first-order chi connectivity index (χ1) is 8.65. The van der Waals surface area contributed by atoms with E-state index in [1.54, 1.807) is 12.2 Å². The summed E-state index contributed by atoms with van der Waals surface area (Å²) in [6.07, 6.45) is 16.0. The molecule has 0 amide bonds. The van der Waals surface area contributed by atoms with Crippen molar-refractivity contribution in [1.82, 2.24) is 0 Å². The van der Waals surface area contributed by atoms with Crippen LogP contribution < -0.4 is 0 Å². The van der Waals surface area contributed by atoms with Crippen LogP contribution in [0.4, 0.5) is 0 Å². The van der Waals surface area contributed by atoms with Gasteiger partial charge in [0.05, 0.1) is 0 Å². The zero-order valence-corrected chi connectivity index (χ0v) is 12.6. The first-order valence-corrected chi connectivity index (χ1v) is 6.62. The van der Waals surface area contributed by atoms with Crippen LogP contribution in [0.3, 0.4) is 0 Å². The predicted octanol–water partition coefficient (Wildman–Crippen LogP) is 6.03. The largest absolute Gasteiger partial charge is 0.0990 e. The van der Waals surface area contributed by atoms with Gasteiger partial charge in [0.1, 0.15) is 0 Å². The highest BCUT2D eigenvalue weighted by Gasteiger charge is 1.96. The van der Waals surface area contributed by atoms with Crippen LogP contribution in [0.1, 0.15) is 34.6 Å². The molecule has 0 aliphatic heterocycles. The SMILES string of the molecule is C=C/C=C(\C=C/C)C(/C=C\C(C)C)=C/C=C.CC. The summed E-state index contributed by atoms with van der Waals surface area (Å²) in [7, 11) is 0. The first kappa shape index (κ1) is 18.8. The normalized spacial score (nSPS) is 12.8. The molecule has 0 radical (unpaired) electrons. The lowest BCUT2D eigenvalue weighted by Crippen LogP contribution is -1.85. The van der Waals surface area contributed by atoms with E-state index in [0.717, 1.165) is 11.1 Å². The molecule has 0 aliphatic carbocycles. The highest BCUT2D eigenvalue weighted by Crippen LogP contribution is 2.15. The summed E-state index contributed by atoms with van der Waals surface area (Å²) in [5.41, 5.74) is 2.30. The van der Waals surface area contributed by atoms with Gasteiger partial charge in [-0.1, -0.05) is 89.5 Å². The van der Waals surface area contributed by atoms with Gasteiger partial charge in [-0.3, -0.25) is 0 Å². The van der Waals surface area contributed by atoms with Crippen molar-refractivity contribution in [2.45, 2.75) is 34.6 Å². The smallest absolute Gasteiger partial charge is 0.0187 e. The predicted molar refractivity (Wildman–Crippen MR) is 86.7 cm³/mol. The lowest BCUT2D eigenvalue weighted by molar-refractivity contribution is 0.831. The molecule has 0 heterocycles. The zero-order chi connectivity index (χ0) is 14.4. The second-order valence-electron chi connectivity index (χ2n) is 3.82. The van der Waals surface area contributed by atoms with Gasteiger partial charge >= 0.3 is 0 Å². The summed E-state index contributed by atoms with van der Waals surface area (Å²) in [5, 5.41) is 0. The molecule has 0 aromatic rings. The van der Waals surface area contributed by atoms with E-state index < -0.39 is 0 Å². The molecule has 18 heavy (non-hydrogen) atoms. The molecule has 0 saturated heterocycles. The Kier molecular flexibility index (Phi) is 14.1. The maximum atomic E-state index is 3.74. The van der Waals surface area contributed by atoms with Crippen molar-refractivity contribution in [3.63, 3.8) is 0 Å². The number of allylic oxidation sites excluding steroid dienone is 10. The Morgan fingerprint density at radius 2 is 1.33 bits per heavy atom. The van der Waals surface area contributed by atoms with Crippen LogP contribution in [0, 0.1) is 5.92 Å². The van der Waals surface area contributed by atoms with E-state index >= 15 is 0 Å². The molecule has 100 valence electrons. The highest BCUT2D eigenvalue weighted by atomic mass is 14.0. The second-order valence-corrected chi connectivity index (χ2v) is 3.82. The minimum Gasteiger partial charge on any atom is -0.0990 e. The van der Waals surface area contributed by atoms with Crippen molar-refractivity contribution < 1.29 is 0 Å². The summed E-state index contributed by atoms with van der Waals surface area (Å²) in [6.45, 7) is 17.8. The van der Waals surface area contributed by atoms with Crippen LogP contribution in [0.25, 0.3) is 0 Å². The molecule has 0 bridgehead atoms. The van der Waals surface area contributed by atoms with Crippen LogP contribution in [-0.4, -0.2) is 0 Å². The van der Waals surface area contributed by atoms with Gasteiger partial charge in [0.15, 0.2) is 0 Å². The maximum absolute atomic E-state index is 3.74. The Labute approximate surface area is 114 Å². The molecule has 0 aromatic heterocycles. The van der Waals surface area contributed by atoms with Crippen molar-refractivity contribution in [2.75, 3.05) is 0 Å². The Bertz CT molecular complexity index is 333. The van der Waals surface area contributed by atoms with E-state index in [1.165, 1.54) is 0 Å². The minimum atomic E-state index is 0.545. The standard InChI is InChI=1S/C16H22.C2H6/c1-6-9-15(10-7-2)16(11-8-3)13-12-14(4)5;1-2/h6-14H,1,3H2,2,4-5H3;1-2H3/b10-7-,13-12-,15-9+,16-11+;. The van der Waals surface area contributed by atoms with E-state index in [2.05, 4.69) is 45.2 Å². The van der Waals surface area contributed by atoms with Crippen molar-refractivity contribution in [2.24, 2.45) is 5.92 Å². The van der Waals surface area contributed by atoms with Crippen molar-refractivity contribution >= 4 is 0 Å². The average Bonchev–Trinajstić information content (AvgIpc) is 2.36. The topological polar surface area (TPSA) is 0 Å². The molecule has 0 fully saturated rings. The highest BCUT2D eigenvalue weighted by molar-refractivity contribution is 5.49. The van der Waals surface area contributed by atoms with Crippen LogP contribution in [0.5, 0.6) is 0 Å². The average molecular weight is 244 g/mol. The summed E-state index contributed by atoms with van der Waals surface area (Å²) in [5.74, 6) is 0.545. The monoisotopic (exact) mass is 244 g/mol. The molecule has 0 saturated carbocycles. The van der Waals surface area contributed by atoms with Gasteiger partial charge in [-0.25, -0.2) is 0 Å². The van der Waals surface area contributed by atoms with Gasteiger partial charge in [0.25, 0.3) is 0 Å². The van der Waals surface area contributed by atoms with E-state index in [1.807, 2.05) is 39.0 Å². The van der Waals surface area contributed by atoms with Gasteiger partial charge in [-0.05, 0) is 24.0 Å². The van der Waals surface area contributed by atoms with Crippen molar-refractivity contribution in [3.8, 4) is 0 Å². The van der Waals surface area contributed by atoms with Crippen LogP contribution in [-0.2, 0) is 0 Å². The molecule has 0 aliphatic rings. The fourth-order valence-electron chi connectivity index (χ4n) is 1.23. The quantitative estimate of drug-likeness (QED) is 0.501. The molecular weight excluding hydrogens is 216 g/mol. The minimum absolute atomic E-state index is 0.545. The molecular formula is C18H28. The van der Waals surface area contributed by atoms with Crippen LogP contribution in [0.15, 0.2) is 72.9 Å². The molecule has 0 nitrogen and oxygen atoms in total. The maximum Gasteiger partial charge on any atom is -0.0187 e. The van der Waals surface area contributed by atoms with Crippen LogP contribution >= 0.6 is 0 Å². The molecule has 0 rings (SSSR count). The van der Waals surface area contributed by atoms with Crippen molar-refractivity contribution in [1.29, 1.82) is 0 Å². The van der Waals surface area contributed by atoms with E-state index in [0.29, 0.717) is 5.92 Å². The Balaban J connectivity index is 0. The zero-order valence-electron chi connectivity index (χ0n) is 12.6. The van der Waals surface area contributed by atoms with Gasteiger partial charge in [0.2, 0.25) is 0 Å². The lowest BCUT2D eigenvalue weighted by atomic mass is 10.0. The third-order valence-corrected chi connectivity index (χ3v) is 1.94. The Morgan fingerprint density at radius 1 is 0.889 bits per heavy atom. The molecule has 0 atom stereocenters. The third-order valence-electron chi connectivity index (χ3n) is 1.94. The summed E-state index contributed by atoms with van der Waals surface area (Å²) >= 11 is 0. The summed E-state index contributed by atoms with van der Waals surface area (Å²) in [4.78, 5) is 0. The number of hydrogen-bond acceptors (Lipinski definition) is 0. The van der Waals surface area contributed by atoms with E-state index in [9.17, 15) is 0 Å². The molecule has 0 N–H and O–H groups in total. The Morgan fingerprint density at radius 3 is 1.67 bits per heavy atom. The summed E-state index contributed by atoms with van der Waals surface area (Å²) < 4.78 is 0. The summed E-state index contributed by atoms with van der Waals surface area (Å²) in [6, 6.07) is 0. The molecule has 0 unspecified atom stereocenters. The molecule has 0 heteroatoms. The van der Waals surface area contributed by atoms with Crippen LogP contribution in [0.2, 0.25) is 0 Å². The van der Waals surface area contributed by atoms with Gasteiger partial charge in [0, 0.05) is 0 Å². The first-order valence-electron chi connectivity index (χ1n) is 6.62. The van der Waals surface area contributed by atoms with Gasteiger partial charge in [-0.2, -0.15) is 0 Å². The second kappa shape index (κ2) is 13.5. The molecule has 0 aromatic carbocycles. The fraction of sp³-hybridized carbons (Fsp3) is 0.333. The van der Waals surface area contributed by atoms with Gasteiger partial charge in [-0.15, -0.1) is 0 Å². The number of rotatable bonds is 6.